The van der Waals surface area contributed by atoms with Crippen LogP contribution in [0.4, 0.5) is 17.1 Å². The van der Waals surface area contributed by atoms with E-state index in [0.29, 0.717) is 0 Å². The van der Waals surface area contributed by atoms with E-state index in [-0.39, 0.29) is 0 Å². The summed E-state index contributed by atoms with van der Waals surface area (Å²) < 4.78 is 12.9. The molecule has 0 unspecified atom stereocenters. The molecule has 3 nitrogen and oxygen atoms in total. The number of nitrogens with zero attached hydrogens (tertiary/aromatic N) is 1. The fraction of sp³-hybridized carbons (Fsp3) is 0. The summed E-state index contributed by atoms with van der Waals surface area (Å²) >= 11 is 0. The van der Waals surface area contributed by atoms with E-state index in [1.54, 1.807) is 0 Å². The quantitative estimate of drug-likeness (QED) is 0.158. The fourth-order valence-electron chi connectivity index (χ4n) is 8.91. The highest BCUT2D eigenvalue weighted by Crippen LogP contribution is 2.42. The highest BCUT2D eigenvalue weighted by molar-refractivity contribution is 6.11. The van der Waals surface area contributed by atoms with Gasteiger partial charge in [0, 0.05) is 50.2 Å². The van der Waals surface area contributed by atoms with E-state index in [1.807, 2.05) is 18.2 Å². The van der Waals surface area contributed by atoms with Crippen molar-refractivity contribution in [2.75, 3.05) is 4.90 Å². The van der Waals surface area contributed by atoms with Crippen molar-refractivity contribution in [1.29, 1.82) is 0 Å². The third-order valence-corrected chi connectivity index (χ3v) is 11.9. The summed E-state index contributed by atoms with van der Waals surface area (Å²) in [6.07, 6.45) is 0. The molecule has 3 heteroatoms. The highest BCUT2D eigenvalue weighted by atomic mass is 16.3. The number of hydrogen-bond donors (Lipinski definition) is 0. The zero-order valence-electron chi connectivity index (χ0n) is 32.0. The number of hydrogen-bond acceptors (Lipinski definition) is 3. The lowest BCUT2D eigenvalue weighted by Gasteiger charge is -2.26. The summed E-state index contributed by atoms with van der Waals surface area (Å²) in [5.41, 5.74) is 13.6. The molecule has 2 aromatic heterocycles. The monoisotopic (exact) mass is 753 g/mol. The molecule has 0 N–H and O–H groups in total. The Morgan fingerprint density at radius 3 is 1.61 bits per heavy atom. The van der Waals surface area contributed by atoms with Gasteiger partial charge < -0.3 is 13.7 Å². The van der Waals surface area contributed by atoms with E-state index in [1.165, 1.54) is 32.7 Å². The Balaban J connectivity index is 0.937. The van der Waals surface area contributed by atoms with Gasteiger partial charge in [-0.2, -0.15) is 0 Å². The lowest BCUT2D eigenvalue weighted by Crippen LogP contribution is -2.09. The number of furan rings is 2. The van der Waals surface area contributed by atoms with Crippen molar-refractivity contribution in [3.63, 3.8) is 0 Å². The average Bonchev–Trinajstić information content (AvgIpc) is 3.87. The second kappa shape index (κ2) is 13.4. The van der Waals surface area contributed by atoms with Crippen LogP contribution in [0, 0.1) is 0 Å². The summed E-state index contributed by atoms with van der Waals surface area (Å²) in [5, 5.41) is 9.50. The molecule has 0 aliphatic heterocycles. The van der Waals surface area contributed by atoms with Gasteiger partial charge in [0.2, 0.25) is 0 Å². The predicted molar refractivity (Wildman–Crippen MR) is 247 cm³/mol. The van der Waals surface area contributed by atoms with E-state index in [9.17, 15) is 0 Å². The van der Waals surface area contributed by atoms with Gasteiger partial charge in [-0.25, -0.2) is 0 Å². The minimum atomic E-state index is 0.862. The smallest absolute Gasteiger partial charge is 0.143 e. The minimum absolute atomic E-state index is 0.862. The van der Waals surface area contributed by atoms with Crippen molar-refractivity contribution in [3.8, 4) is 33.4 Å². The number of anilines is 3. The molecule has 0 aliphatic rings. The first-order valence-corrected chi connectivity index (χ1v) is 20.1. The van der Waals surface area contributed by atoms with Gasteiger partial charge in [0.1, 0.15) is 22.3 Å². The molecule has 0 amide bonds. The van der Waals surface area contributed by atoms with Crippen molar-refractivity contribution in [1.82, 2.24) is 0 Å². The maximum Gasteiger partial charge on any atom is 0.143 e. The molecule has 0 radical (unpaired) electrons. The largest absolute Gasteiger partial charge is 0.456 e. The molecule has 0 atom stereocenters. The standard InChI is InChI=1S/C56H35NO2/c1-2-9-38(10-3-1)47-14-8-15-50-52-34-42(25-32-54(52)59-56(47)50)37-23-28-44(29-24-37)57(45-30-31-49-48-13-6-7-16-53(48)58-55(49)35-45)43-26-21-36(22-27-43)41-20-19-40-18-17-39-11-4-5-12-46(39)51(40)33-41/h1-35H. The molecular formula is C56H35NO2. The molecule has 0 fully saturated rings. The Hall–Kier alpha value is -7.88. The molecule has 10 aromatic carbocycles. The first-order chi connectivity index (χ1) is 29.2. The Morgan fingerprint density at radius 2 is 0.831 bits per heavy atom. The molecule has 2 heterocycles. The fourth-order valence-corrected chi connectivity index (χ4v) is 8.91. The molecule has 59 heavy (non-hydrogen) atoms. The Labute approximate surface area is 340 Å². The highest BCUT2D eigenvalue weighted by Gasteiger charge is 2.18. The van der Waals surface area contributed by atoms with Crippen LogP contribution in [0.15, 0.2) is 221 Å². The van der Waals surface area contributed by atoms with Crippen LogP contribution in [-0.4, -0.2) is 0 Å². The molecule has 12 rings (SSSR count). The van der Waals surface area contributed by atoms with E-state index in [2.05, 4.69) is 199 Å². The van der Waals surface area contributed by atoms with Gasteiger partial charge in [-0.1, -0.05) is 146 Å². The van der Waals surface area contributed by atoms with Crippen LogP contribution in [0.1, 0.15) is 0 Å². The number of para-hydroxylation sites is 2. The van der Waals surface area contributed by atoms with Crippen molar-refractivity contribution in [2.24, 2.45) is 0 Å². The van der Waals surface area contributed by atoms with Crippen LogP contribution in [0.5, 0.6) is 0 Å². The molecule has 0 saturated carbocycles. The van der Waals surface area contributed by atoms with Gasteiger partial charge >= 0.3 is 0 Å². The SMILES string of the molecule is c1ccc(-c2cccc3c2oc2ccc(-c4ccc(N(c5ccc(-c6ccc7ccc8ccccc8c7c6)cc5)c5ccc6c(c5)oc5ccccc56)cc4)cc23)cc1. The van der Waals surface area contributed by atoms with E-state index in [4.69, 9.17) is 8.83 Å². The zero-order valence-corrected chi connectivity index (χ0v) is 32.0. The van der Waals surface area contributed by atoms with Crippen molar-refractivity contribution >= 4 is 82.5 Å². The summed E-state index contributed by atoms with van der Waals surface area (Å²) in [6.45, 7) is 0. The summed E-state index contributed by atoms with van der Waals surface area (Å²) in [6, 6.07) is 75.7. The third kappa shape index (κ3) is 5.59. The maximum atomic E-state index is 6.49. The van der Waals surface area contributed by atoms with E-state index >= 15 is 0 Å². The first kappa shape index (κ1) is 33.3. The Bertz CT molecular complexity index is 3540. The van der Waals surface area contributed by atoms with Gasteiger partial charge in [-0.3, -0.25) is 0 Å². The molecule has 12 aromatic rings. The van der Waals surface area contributed by atoms with Gasteiger partial charge in [-0.15, -0.1) is 0 Å². The van der Waals surface area contributed by atoms with E-state index in [0.717, 1.165) is 83.2 Å². The Morgan fingerprint density at radius 1 is 0.271 bits per heavy atom. The van der Waals surface area contributed by atoms with Crippen LogP contribution in [-0.2, 0) is 0 Å². The lowest BCUT2D eigenvalue weighted by atomic mass is 9.97. The van der Waals surface area contributed by atoms with Crippen molar-refractivity contribution in [3.05, 3.63) is 212 Å². The van der Waals surface area contributed by atoms with Crippen LogP contribution in [0.2, 0.25) is 0 Å². The molecule has 0 spiro atoms. The summed E-state index contributed by atoms with van der Waals surface area (Å²) in [4.78, 5) is 2.31. The Kier molecular flexibility index (Phi) is 7.54. The van der Waals surface area contributed by atoms with Gasteiger partial charge in [0.15, 0.2) is 0 Å². The summed E-state index contributed by atoms with van der Waals surface area (Å²) in [5.74, 6) is 0. The summed E-state index contributed by atoms with van der Waals surface area (Å²) in [7, 11) is 0. The van der Waals surface area contributed by atoms with Crippen LogP contribution in [0.3, 0.4) is 0 Å². The van der Waals surface area contributed by atoms with Crippen LogP contribution >= 0.6 is 0 Å². The van der Waals surface area contributed by atoms with Gasteiger partial charge in [-0.05, 0) is 110 Å². The second-order valence-electron chi connectivity index (χ2n) is 15.3. The van der Waals surface area contributed by atoms with Crippen molar-refractivity contribution < 1.29 is 8.83 Å². The topological polar surface area (TPSA) is 29.5 Å². The molecule has 0 saturated heterocycles. The van der Waals surface area contributed by atoms with Gasteiger partial charge in [0.05, 0.1) is 0 Å². The first-order valence-electron chi connectivity index (χ1n) is 20.1. The van der Waals surface area contributed by atoms with Crippen molar-refractivity contribution in [2.45, 2.75) is 0 Å². The molecule has 0 aliphatic carbocycles. The zero-order chi connectivity index (χ0) is 38.9. The maximum absolute atomic E-state index is 6.49. The number of rotatable bonds is 6. The average molecular weight is 754 g/mol. The molecule has 0 bridgehead atoms. The normalized spacial score (nSPS) is 11.7. The second-order valence-corrected chi connectivity index (χ2v) is 15.3. The predicted octanol–water partition coefficient (Wildman–Crippen LogP) is 16.3. The third-order valence-electron chi connectivity index (χ3n) is 11.9. The minimum Gasteiger partial charge on any atom is -0.456 e. The number of fused-ring (bicyclic) bond motifs is 9. The molecule has 276 valence electrons. The van der Waals surface area contributed by atoms with Crippen LogP contribution in [0.25, 0.3) is 98.8 Å². The molecular weight excluding hydrogens is 719 g/mol. The van der Waals surface area contributed by atoms with Gasteiger partial charge in [0.25, 0.3) is 0 Å². The van der Waals surface area contributed by atoms with Crippen LogP contribution < -0.4 is 4.90 Å². The lowest BCUT2D eigenvalue weighted by molar-refractivity contribution is 0.669. The number of benzene rings is 10. The van der Waals surface area contributed by atoms with E-state index < -0.39 is 0 Å².